The molecule has 2 fully saturated rings. The molecule has 1 saturated carbocycles. The topological polar surface area (TPSA) is 38.3 Å². The first-order valence-electron chi connectivity index (χ1n) is 5.34. The molecule has 0 bridgehead atoms. The molecule has 1 amide bonds. The van der Waals surface area contributed by atoms with E-state index < -0.39 is 0 Å². The average molecular weight is 195 g/mol. The summed E-state index contributed by atoms with van der Waals surface area (Å²) in [7, 11) is 0. The zero-order valence-electron chi connectivity index (χ0n) is 8.37. The van der Waals surface area contributed by atoms with E-state index in [-0.39, 0.29) is 5.91 Å². The molecule has 1 N–H and O–H groups in total. The molecule has 1 aliphatic heterocycles. The predicted octanol–water partition coefficient (Wildman–Crippen LogP) is 1.25. The van der Waals surface area contributed by atoms with Crippen molar-refractivity contribution in [2.24, 2.45) is 5.92 Å². The fourth-order valence-corrected chi connectivity index (χ4v) is 2.02. The number of carbonyl (C=O) groups excluding carboxylic acids is 1. The number of hydrogen-bond acceptors (Lipinski definition) is 2. The number of ether oxygens (including phenoxy) is 1. The minimum absolute atomic E-state index is 0.0635. The van der Waals surface area contributed by atoms with E-state index in [9.17, 15) is 4.79 Å². The Kier molecular flexibility index (Phi) is 2.87. The van der Waals surface area contributed by atoms with Crippen LogP contribution in [0.1, 0.15) is 25.7 Å². The van der Waals surface area contributed by atoms with Gasteiger partial charge in [-0.2, -0.15) is 0 Å². The Bertz CT molecular complexity index is 235. The molecule has 3 heteroatoms. The smallest absolute Gasteiger partial charge is 0.243 e. The molecule has 78 valence electrons. The van der Waals surface area contributed by atoms with Gasteiger partial charge in [0.15, 0.2) is 0 Å². The molecule has 0 aromatic carbocycles. The van der Waals surface area contributed by atoms with Gasteiger partial charge in [0.05, 0.1) is 6.10 Å². The summed E-state index contributed by atoms with van der Waals surface area (Å²) in [5.41, 5.74) is 0. The lowest BCUT2D eigenvalue weighted by Crippen LogP contribution is -2.42. The summed E-state index contributed by atoms with van der Waals surface area (Å²) in [6.45, 7) is 4.23. The third-order valence-electron chi connectivity index (χ3n) is 2.99. The first-order chi connectivity index (χ1) is 6.79. The molecule has 1 heterocycles. The van der Waals surface area contributed by atoms with Crippen molar-refractivity contribution in [3.05, 3.63) is 12.7 Å². The minimum atomic E-state index is -0.0635. The number of carbonyl (C=O) groups is 1. The Hall–Kier alpha value is -0.830. The Morgan fingerprint density at radius 1 is 1.43 bits per heavy atom. The van der Waals surface area contributed by atoms with Crippen LogP contribution in [0.15, 0.2) is 12.7 Å². The summed E-state index contributed by atoms with van der Waals surface area (Å²) in [5.74, 6) is 0.699. The highest BCUT2D eigenvalue weighted by atomic mass is 16.5. The highest BCUT2D eigenvalue weighted by Crippen LogP contribution is 2.38. The second-order valence-corrected chi connectivity index (χ2v) is 4.18. The summed E-state index contributed by atoms with van der Waals surface area (Å²) >= 11 is 0. The van der Waals surface area contributed by atoms with Gasteiger partial charge in [-0.05, 0) is 37.7 Å². The van der Waals surface area contributed by atoms with Crippen LogP contribution in [-0.2, 0) is 9.53 Å². The first kappa shape index (κ1) is 9.71. The van der Waals surface area contributed by atoms with E-state index in [4.69, 9.17) is 4.74 Å². The van der Waals surface area contributed by atoms with E-state index in [0.717, 1.165) is 25.4 Å². The van der Waals surface area contributed by atoms with Crippen LogP contribution in [0.25, 0.3) is 0 Å². The quantitative estimate of drug-likeness (QED) is 0.688. The number of rotatable bonds is 3. The van der Waals surface area contributed by atoms with Crippen molar-refractivity contribution >= 4 is 5.91 Å². The molecule has 3 nitrogen and oxygen atoms in total. The van der Waals surface area contributed by atoms with Crippen LogP contribution in [0.5, 0.6) is 0 Å². The van der Waals surface area contributed by atoms with Crippen LogP contribution in [0.4, 0.5) is 0 Å². The van der Waals surface area contributed by atoms with Gasteiger partial charge in [-0.1, -0.05) is 6.58 Å². The molecule has 1 saturated heterocycles. The summed E-state index contributed by atoms with van der Waals surface area (Å²) < 4.78 is 5.67. The van der Waals surface area contributed by atoms with Crippen LogP contribution in [-0.4, -0.2) is 24.7 Å². The van der Waals surface area contributed by atoms with Gasteiger partial charge in [-0.15, -0.1) is 0 Å². The summed E-state index contributed by atoms with van der Waals surface area (Å²) in [5, 5.41) is 2.94. The van der Waals surface area contributed by atoms with Crippen molar-refractivity contribution in [3.63, 3.8) is 0 Å². The monoisotopic (exact) mass is 195 g/mol. The van der Waals surface area contributed by atoms with Crippen molar-refractivity contribution in [1.82, 2.24) is 5.32 Å². The molecule has 0 radical (unpaired) electrons. The largest absolute Gasteiger partial charge is 0.378 e. The van der Waals surface area contributed by atoms with Crippen LogP contribution in [0, 0.1) is 5.92 Å². The van der Waals surface area contributed by atoms with E-state index in [2.05, 4.69) is 11.9 Å². The lowest BCUT2D eigenvalue weighted by Gasteiger charge is -2.29. The van der Waals surface area contributed by atoms with Gasteiger partial charge in [0, 0.05) is 12.6 Å². The highest BCUT2D eigenvalue weighted by molar-refractivity contribution is 5.87. The maximum atomic E-state index is 11.1. The number of hydrogen-bond donors (Lipinski definition) is 1. The van der Waals surface area contributed by atoms with E-state index >= 15 is 0 Å². The van der Waals surface area contributed by atoms with E-state index in [1.165, 1.54) is 18.9 Å². The van der Waals surface area contributed by atoms with Gasteiger partial charge in [-0.3, -0.25) is 4.79 Å². The zero-order valence-corrected chi connectivity index (χ0v) is 8.37. The summed E-state index contributed by atoms with van der Waals surface area (Å²) in [4.78, 5) is 11.1. The molecule has 0 aromatic rings. The van der Waals surface area contributed by atoms with Crippen molar-refractivity contribution in [2.45, 2.75) is 37.8 Å². The Morgan fingerprint density at radius 2 is 2.21 bits per heavy atom. The third kappa shape index (κ3) is 2.35. The molecule has 2 atom stereocenters. The van der Waals surface area contributed by atoms with Gasteiger partial charge < -0.3 is 10.1 Å². The number of amides is 1. The molecular formula is C11H17NO2. The Labute approximate surface area is 84.5 Å². The minimum Gasteiger partial charge on any atom is -0.378 e. The van der Waals surface area contributed by atoms with Crippen molar-refractivity contribution in [3.8, 4) is 0 Å². The van der Waals surface area contributed by atoms with E-state index in [0.29, 0.717) is 12.1 Å². The van der Waals surface area contributed by atoms with Crippen molar-refractivity contribution < 1.29 is 9.53 Å². The molecule has 1 aliphatic carbocycles. The van der Waals surface area contributed by atoms with Gasteiger partial charge >= 0.3 is 0 Å². The normalized spacial score (nSPS) is 32.3. The van der Waals surface area contributed by atoms with Crippen LogP contribution >= 0.6 is 0 Å². The van der Waals surface area contributed by atoms with Gasteiger partial charge in [-0.25, -0.2) is 0 Å². The van der Waals surface area contributed by atoms with Crippen LogP contribution < -0.4 is 5.32 Å². The van der Waals surface area contributed by atoms with Gasteiger partial charge in [0.25, 0.3) is 0 Å². The fraction of sp³-hybridized carbons (Fsp3) is 0.727. The maximum absolute atomic E-state index is 11.1. The van der Waals surface area contributed by atoms with Crippen LogP contribution in [0.2, 0.25) is 0 Å². The number of nitrogens with one attached hydrogen (secondary N) is 1. The molecule has 0 spiro atoms. The Balaban J connectivity index is 1.80. The fourth-order valence-electron chi connectivity index (χ4n) is 2.02. The molecule has 2 aliphatic rings. The van der Waals surface area contributed by atoms with Crippen molar-refractivity contribution in [1.29, 1.82) is 0 Å². The van der Waals surface area contributed by atoms with Gasteiger partial charge in [0.1, 0.15) is 0 Å². The summed E-state index contributed by atoms with van der Waals surface area (Å²) in [6.07, 6.45) is 6.23. The molecule has 14 heavy (non-hydrogen) atoms. The van der Waals surface area contributed by atoms with Crippen LogP contribution in [0.3, 0.4) is 0 Å². The zero-order chi connectivity index (χ0) is 9.97. The van der Waals surface area contributed by atoms with Gasteiger partial charge in [0.2, 0.25) is 5.91 Å². The average Bonchev–Trinajstić information content (AvgIpc) is 3.01. The molecule has 2 unspecified atom stereocenters. The lowest BCUT2D eigenvalue weighted by molar-refractivity contribution is -0.118. The standard InChI is InChI=1S/C11H17NO2/c1-2-11(13)12-9-5-6-14-10(7-9)8-3-4-8/h2,8-10H,1,3-7H2,(H,12,13). The van der Waals surface area contributed by atoms with E-state index in [1.807, 2.05) is 0 Å². The molecule has 0 aromatic heterocycles. The molecule has 2 rings (SSSR count). The maximum Gasteiger partial charge on any atom is 0.243 e. The molecular weight excluding hydrogens is 178 g/mol. The third-order valence-corrected chi connectivity index (χ3v) is 2.99. The van der Waals surface area contributed by atoms with E-state index in [1.54, 1.807) is 0 Å². The first-order valence-corrected chi connectivity index (χ1v) is 5.34. The second kappa shape index (κ2) is 4.13. The predicted molar refractivity (Wildman–Crippen MR) is 53.8 cm³/mol. The summed E-state index contributed by atoms with van der Waals surface area (Å²) in [6, 6.07) is 0.292. The highest BCUT2D eigenvalue weighted by Gasteiger charge is 2.35. The second-order valence-electron chi connectivity index (χ2n) is 4.18. The SMILES string of the molecule is C=CC(=O)NC1CCOC(C2CC2)C1. The van der Waals surface area contributed by atoms with Crippen molar-refractivity contribution in [2.75, 3.05) is 6.61 Å². The Morgan fingerprint density at radius 3 is 2.86 bits per heavy atom. The lowest BCUT2D eigenvalue weighted by atomic mass is 10.00.